The van der Waals surface area contributed by atoms with Crippen LogP contribution >= 0.6 is 23.2 Å². The Morgan fingerprint density at radius 1 is 1.30 bits per heavy atom. The predicted octanol–water partition coefficient (Wildman–Crippen LogP) is 4.99. The van der Waals surface area contributed by atoms with Gasteiger partial charge in [0, 0.05) is 22.4 Å². The van der Waals surface area contributed by atoms with Crippen LogP contribution in [0.15, 0.2) is 34.7 Å². The standard InChI is InChI=1S/C16H16Cl2O2/c1-9-6-12(9)15-4-5-16(20-15)14(19)8-10-7-11(17)2-3-13(10)18/h2-5,7,9,12,14,19H,6,8H2,1H3. The van der Waals surface area contributed by atoms with E-state index in [4.69, 9.17) is 27.6 Å². The van der Waals surface area contributed by atoms with Crippen molar-refractivity contribution in [2.24, 2.45) is 5.92 Å². The smallest absolute Gasteiger partial charge is 0.133 e. The molecule has 20 heavy (non-hydrogen) atoms. The summed E-state index contributed by atoms with van der Waals surface area (Å²) in [5.41, 5.74) is 0.824. The summed E-state index contributed by atoms with van der Waals surface area (Å²) in [4.78, 5) is 0. The molecular formula is C16H16Cl2O2. The molecule has 0 bridgehead atoms. The lowest BCUT2D eigenvalue weighted by molar-refractivity contribution is 0.148. The van der Waals surface area contributed by atoms with Crippen LogP contribution in [0.5, 0.6) is 0 Å². The molecule has 1 aliphatic carbocycles. The molecule has 1 heterocycles. The fourth-order valence-electron chi connectivity index (χ4n) is 2.47. The van der Waals surface area contributed by atoms with Gasteiger partial charge < -0.3 is 9.52 Å². The first-order chi connectivity index (χ1) is 9.54. The van der Waals surface area contributed by atoms with Crippen molar-refractivity contribution in [1.29, 1.82) is 0 Å². The van der Waals surface area contributed by atoms with Gasteiger partial charge in [0.1, 0.15) is 17.6 Å². The molecule has 106 valence electrons. The quantitative estimate of drug-likeness (QED) is 0.863. The highest BCUT2D eigenvalue weighted by Gasteiger charge is 2.36. The molecule has 0 aliphatic heterocycles. The average molecular weight is 311 g/mol. The second-order valence-electron chi connectivity index (χ2n) is 5.52. The first-order valence-corrected chi connectivity index (χ1v) is 7.52. The van der Waals surface area contributed by atoms with E-state index in [1.165, 1.54) is 6.42 Å². The lowest BCUT2D eigenvalue weighted by Crippen LogP contribution is -2.01. The van der Waals surface area contributed by atoms with Crippen LogP contribution < -0.4 is 0 Å². The van der Waals surface area contributed by atoms with E-state index in [1.807, 2.05) is 12.1 Å². The largest absolute Gasteiger partial charge is 0.463 e. The maximum absolute atomic E-state index is 10.3. The van der Waals surface area contributed by atoms with Crippen LogP contribution in [-0.4, -0.2) is 5.11 Å². The van der Waals surface area contributed by atoms with Crippen LogP contribution in [0.1, 0.15) is 42.5 Å². The van der Waals surface area contributed by atoms with Gasteiger partial charge in [0.25, 0.3) is 0 Å². The monoisotopic (exact) mass is 310 g/mol. The number of aliphatic hydroxyl groups is 1. The number of hydrogen-bond acceptors (Lipinski definition) is 2. The minimum absolute atomic E-state index is 0.395. The highest BCUT2D eigenvalue weighted by molar-refractivity contribution is 6.33. The normalized spacial score (nSPS) is 22.8. The number of rotatable bonds is 4. The molecule has 1 aromatic heterocycles. The Morgan fingerprint density at radius 2 is 2.05 bits per heavy atom. The summed E-state index contributed by atoms with van der Waals surface area (Å²) in [7, 11) is 0. The second-order valence-corrected chi connectivity index (χ2v) is 6.36. The fourth-order valence-corrected chi connectivity index (χ4v) is 2.86. The van der Waals surface area contributed by atoms with Crippen molar-refractivity contribution < 1.29 is 9.52 Å². The van der Waals surface area contributed by atoms with E-state index in [2.05, 4.69) is 6.92 Å². The molecule has 0 saturated heterocycles. The topological polar surface area (TPSA) is 33.4 Å². The van der Waals surface area contributed by atoms with Crippen LogP contribution in [0.3, 0.4) is 0 Å². The molecule has 4 heteroatoms. The van der Waals surface area contributed by atoms with Crippen molar-refractivity contribution in [3.05, 3.63) is 57.5 Å². The molecule has 1 saturated carbocycles. The van der Waals surface area contributed by atoms with E-state index in [0.29, 0.717) is 34.1 Å². The Labute approximate surface area is 128 Å². The molecule has 2 aromatic rings. The third-order valence-electron chi connectivity index (χ3n) is 3.87. The molecule has 2 nitrogen and oxygen atoms in total. The lowest BCUT2D eigenvalue weighted by atomic mass is 10.1. The molecule has 1 aliphatic rings. The second kappa shape index (κ2) is 5.44. The Balaban J connectivity index is 1.74. The third-order valence-corrected chi connectivity index (χ3v) is 4.48. The van der Waals surface area contributed by atoms with Gasteiger partial charge in [0.15, 0.2) is 0 Å². The first kappa shape index (κ1) is 14.0. The Kier molecular flexibility index (Phi) is 3.80. The van der Waals surface area contributed by atoms with Crippen LogP contribution in [0, 0.1) is 5.92 Å². The van der Waals surface area contributed by atoms with Gasteiger partial charge in [-0.1, -0.05) is 30.1 Å². The van der Waals surface area contributed by atoms with Gasteiger partial charge in [-0.05, 0) is 48.2 Å². The van der Waals surface area contributed by atoms with E-state index in [9.17, 15) is 5.11 Å². The molecule has 1 aromatic carbocycles. The third kappa shape index (κ3) is 2.88. The van der Waals surface area contributed by atoms with Gasteiger partial charge in [-0.2, -0.15) is 0 Å². The minimum Gasteiger partial charge on any atom is -0.463 e. The number of aliphatic hydroxyl groups excluding tert-OH is 1. The fraction of sp³-hybridized carbons (Fsp3) is 0.375. The molecule has 3 unspecified atom stereocenters. The van der Waals surface area contributed by atoms with Gasteiger partial charge in [-0.3, -0.25) is 0 Å². The molecular weight excluding hydrogens is 295 g/mol. The highest BCUT2D eigenvalue weighted by Crippen LogP contribution is 2.47. The zero-order chi connectivity index (χ0) is 14.3. The summed E-state index contributed by atoms with van der Waals surface area (Å²) in [5.74, 6) is 2.78. The number of halogens is 2. The molecule has 1 N–H and O–H groups in total. The van der Waals surface area contributed by atoms with Gasteiger partial charge in [-0.15, -0.1) is 0 Å². The Bertz CT molecular complexity index is 621. The Morgan fingerprint density at radius 3 is 2.75 bits per heavy atom. The number of furan rings is 1. The van der Waals surface area contributed by atoms with E-state index in [1.54, 1.807) is 18.2 Å². The van der Waals surface area contributed by atoms with Crippen LogP contribution in [0.25, 0.3) is 0 Å². The van der Waals surface area contributed by atoms with Crippen molar-refractivity contribution >= 4 is 23.2 Å². The summed E-state index contributed by atoms with van der Waals surface area (Å²) < 4.78 is 5.76. The summed E-state index contributed by atoms with van der Waals surface area (Å²) in [6, 6.07) is 9.07. The average Bonchev–Trinajstić information content (AvgIpc) is 2.95. The van der Waals surface area contributed by atoms with Crippen molar-refractivity contribution in [1.82, 2.24) is 0 Å². The summed E-state index contributed by atoms with van der Waals surface area (Å²) >= 11 is 12.1. The summed E-state index contributed by atoms with van der Waals surface area (Å²) in [6.45, 7) is 2.20. The van der Waals surface area contributed by atoms with Crippen molar-refractivity contribution in [3.63, 3.8) is 0 Å². The van der Waals surface area contributed by atoms with Crippen LogP contribution in [-0.2, 0) is 6.42 Å². The SMILES string of the molecule is CC1CC1c1ccc(C(O)Cc2cc(Cl)ccc2Cl)o1. The van der Waals surface area contributed by atoms with E-state index >= 15 is 0 Å². The van der Waals surface area contributed by atoms with Gasteiger partial charge in [-0.25, -0.2) is 0 Å². The van der Waals surface area contributed by atoms with E-state index in [-0.39, 0.29) is 0 Å². The van der Waals surface area contributed by atoms with Crippen molar-refractivity contribution in [3.8, 4) is 0 Å². The van der Waals surface area contributed by atoms with Crippen molar-refractivity contribution in [2.75, 3.05) is 0 Å². The van der Waals surface area contributed by atoms with E-state index in [0.717, 1.165) is 11.3 Å². The molecule has 3 rings (SSSR count). The summed E-state index contributed by atoms with van der Waals surface area (Å²) in [5, 5.41) is 11.5. The van der Waals surface area contributed by atoms with Crippen molar-refractivity contribution in [2.45, 2.75) is 31.8 Å². The maximum atomic E-state index is 10.3. The zero-order valence-electron chi connectivity index (χ0n) is 11.1. The van der Waals surface area contributed by atoms with E-state index < -0.39 is 6.10 Å². The maximum Gasteiger partial charge on any atom is 0.133 e. The van der Waals surface area contributed by atoms with Gasteiger partial charge in [0.05, 0.1) is 0 Å². The zero-order valence-corrected chi connectivity index (χ0v) is 12.7. The van der Waals surface area contributed by atoms with Gasteiger partial charge in [0.2, 0.25) is 0 Å². The molecule has 0 radical (unpaired) electrons. The van der Waals surface area contributed by atoms with Crippen LogP contribution in [0.2, 0.25) is 10.0 Å². The predicted molar refractivity (Wildman–Crippen MR) is 80.4 cm³/mol. The number of benzene rings is 1. The Hall–Kier alpha value is -0.960. The summed E-state index contributed by atoms with van der Waals surface area (Å²) in [6.07, 6.45) is 0.865. The molecule has 3 atom stereocenters. The highest BCUT2D eigenvalue weighted by atomic mass is 35.5. The molecule has 1 fully saturated rings. The van der Waals surface area contributed by atoms with Gasteiger partial charge >= 0.3 is 0 Å². The van der Waals surface area contributed by atoms with Crippen LogP contribution in [0.4, 0.5) is 0 Å². The molecule has 0 spiro atoms. The number of hydrogen-bond donors (Lipinski definition) is 1. The first-order valence-electron chi connectivity index (χ1n) is 6.76. The minimum atomic E-state index is -0.700. The lowest BCUT2D eigenvalue weighted by Gasteiger charge is -2.10. The molecule has 0 amide bonds.